The lowest BCUT2D eigenvalue weighted by molar-refractivity contribution is 0.114. The van der Waals surface area contributed by atoms with Crippen LogP contribution in [0.25, 0.3) is 11.5 Å². The van der Waals surface area contributed by atoms with Gasteiger partial charge in [-0.15, -0.1) is 0 Å². The highest BCUT2D eigenvalue weighted by Gasteiger charge is 2.23. The second-order valence-corrected chi connectivity index (χ2v) is 7.95. The van der Waals surface area contributed by atoms with Gasteiger partial charge in [-0.1, -0.05) is 30.3 Å². The number of nitrogens with zero attached hydrogens (tertiary/aromatic N) is 1. The number of aliphatic hydroxyl groups excluding tert-OH is 2. The zero-order chi connectivity index (χ0) is 21.9. The van der Waals surface area contributed by atoms with Crippen LogP contribution in [-0.4, -0.2) is 40.6 Å². The second kappa shape index (κ2) is 11.6. The van der Waals surface area contributed by atoms with Crippen molar-refractivity contribution in [3.63, 3.8) is 0 Å². The molecule has 0 bridgehead atoms. The van der Waals surface area contributed by atoms with Gasteiger partial charge in [-0.25, -0.2) is 4.98 Å². The number of hydrogen-bond donors (Lipinski definition) is 3. The van der Waals surface area contributed by atoms with E-state index in [9.17, 15) is 10.2 Å². The summed E-state index contributed by atoms with van der Waals surface area (Å²) in [5.41, 5.74) is 7.79. The molecule has 2 aromatic heterocycles. The molecule has 3 rings (SSSR count). The van der Waals surface area contributed by atoms with Gasteiger partial charge in [-0.2, -0.15) is 0 Å². The van der Waals surface area contributed by atoms with Crippen molar-refractivity contribution in [2.75, 3.05) is 19.8 Å². The Morgan fingerprint density at radius 1 is 0.903 bits per heavy atom. The Morgan fingerprint density at radius 2 is 1.71 bits per heavy atom. The van der Waals surface area contributed by atoms with Gasteiger partial charge in [0, 0.05) is 5.69 Å². The lowest BCUT2D eigenvalue weighted by atomic mass is 9.95. The average Bonchev–Trinajstić information content (AvgIpc) is 3.35. The lowest BCUT2D eigenvalue weighted by Gasteiger charge is -2.24. The van der Waals surface area contributed by atoms with Crippen LogP contribution < -0.4 is 10.5 Å². The summed E-state index contributed by atoms with van der Waals surface area (Å²) in [5, 5.41) is 18.8. The molecule has 0 saturated heterocycles. The van der Waals surface area contributed by atoms with Crippen molar-refractivity contribution in [3.05, 3.63) is 72.1 Å². The number of aliphatic hydroxyl groups is 2. The summed E-state index contributed by atoms with van der Waals surface area (Å²) in [6, 6.07) is 18.0. The number of furan rings is 1. The molecular weight excluding hydrogens is 392 g/mol. The minimum Gasteiger partial charge on any atom is -0.491 e. The first kappa shape index (κ1) is 23.0. The fourth-order valence-electron chi connectivity index (χ4n) is 3.35. The third-order valence-corrected chi connectivity index (χ3v) is 5.39. The maximum absolute atomic E-state index is 9.40. The number of benzene rings is 1. The molecule has 31 heavy (non-hydrogen) atoms. The van der Waals surface area contributed by atoms with E-state index in [0.29, 0.717) is 36.7 Å². The van der Waals surface area contributed by atoms with E-state index >= 15 is 0 Å². The topological polar surface area (TPSA) is 102 Å². The Balaban J connectivity index is 1.55. The SMILES string of the molecule is NC(CO)(CO)CCc1ccc(OCCCCCc2ccccc2)c(-c2ccco2)n1. The summed E-state index contributed by atoms with van der Waals surface area (Å²) in [6.07, 6.45) is 6.84. The molecule has 0 radical (unpaired) electrons. The van der Waals surface area contributed by atoms with Crippen LogP contribution in [0.3, 0.4) is 0 Å². The van der Waals surface area contributed by atoms with Crippen molar-refractivity contribution < 1.29 is 19.4 Å². The van der Waals surface area contributed by atoms with E-state index in [1.54, 1.807) is 6.26 Å². The first-order chi connectivity index (χ1) is 15.1. The van der Waals surface area contributed by atoms with Gasteiger partial charge in [0.1, 0.15) is 11.4 Å². The summed E-state index contributed by atoms with van der Waals surface area (Å²) in [7, 11) is 0. The highest BCUT2D eigenvalue weighted by Crippen LogP contribution is 2.29. The number of nitrogens with two attached hydrogens (primary N) is 1. The number of aryl methyl sites for hydroxylation is 2. The molecule has 0 unspecified atom stereocenters. The third-order valence-electron chi connectivity index (χ3n) is 5.39. The van der Waals surface area contributed by atoms with Gasteiger partial charge < -0.3 is 25.1 Å². The largest absolute Gasteiger partial charge is 0.491 e. The van der Waals surface area contributed by atoms with E-state index in [-0.39, 0.29) is 13.2 Å². The van der Waals surface area contributed by atoms with E-state index in [0.717, 1.165) is 31.4 Å². The smallest absolute Gasteiger partial charge is 0.156 e. The predicted molar refractivity (Wildman–Crippen MR) is 121 cm³/mol. The first-order valence-corrected chi connectivity index (χ1v) is 10.8. The molecule has 0 aliphatic heterocycles. The third kappa shape index (κ3) is 6.92. The molecule has 0 aliphatic rings. The lowest BCUT2D eigenvalue weighted by Crippen LogP contribution is -2.47. The molecule has 0 amide bonds. The Bertz CT molecular complexity index is 893. The van der Waals surface area contributed by atoms with Crippen molar-refractivity contribution in [2.45, 2.75) is 44.1 Å². The quantitative estimate of drug-likeness (QED) is 0.361. The van der Waals surface area contributed by atoms with Gasteiger partial charge in [0.2, 0.25) is 0 Å². The van der Waals surface area contributed by atoms with Gasteiger partial charge >= 0.3 is 0 Å². The average molecular weight is 425 g/mol. The molecule has 1 aromatic carbocycles. The van der Waals surface area contributed by atoms with Crippen LogP contribution in [0.5, 0.6) is 5.75 Å². The minimum absolute atomic E-state index is 0.278. The molecule has 2 heterocycles. The maximum Gasteiger partial charge on any atom is 0.156 e. The standard InChI is InChI=1S/C25H32N2O4/c26-25(18-28,19-29)15-14-21-12-13-23(24(27-21)22-11-7-17-31-22)30-16-6-2-5-10-20-8-3-1-4-9-20/h1,3-4,7-9,11-13,17,28-29H,2,5-6,10,14-16,18-19,26H2. The van der Waals surface area contributed by atoms with E-state index in [1.807, 2.05) is 30.3 Å². The monoisotopic (exact) mass is 424 g/mol. The van der Waals surface area contributed by atoms with Gasteiger partial charge in [0.25, 0.3) is 0 Å². The molecule has 0 spiro atoms. The number of unbranched alkanes of at least 4 members (excludes halogenated alkanes) is 2. The van der Waals surface area contributed by atoms with Crippen molar-refractivity contribution in [1.82, 2.24) is 4.98 Å². The minimum atomic E-state index is -1.01. The molecule has 4 N–H and O–H groups in total. The van der Waals surface area contributed by atoms with Crippen molar-refractivity contribution in [1.29, 1.82) is 0 Å². The van der Waals surface area contributed by atoms with Crippen LogP contribution in [0, 0.1) is 0 Å². The van der Waals surface area contributed by atoms with E-state index in [1.165, 1.54) is 5.56 Å². The van der Waals surface area contributed by atoms with Crippen LogP contribution >= 0.6 is 0 Å². The molecule has 0 fully saturated rings. The summed E-state index contributed by atoms with van der Waals surface area (Å²) in [6.45, 7) is 0.0600. The number of pyridine rings is 1. The van der Waals surface area contributed by atoms with Crippen molar-refractivity contribution in [3.8, 4) is 17.2 Å². The van der Waals surface area contributed by atoms with Crippen molar-refractivity contribution in [2.24, 2.45) is 5.73 Å². The number of aromatic nitrogens is 1. The summed E-state index contributed by atoms with van der Waals surface area (Å²) in [5.74, 6) is 1.33. The van der Waals surface area contributed by atoms with Gasteiger partial charge in [0.15, 0.2) is 5.76 Å². The van der Waals surface area contributed by atoms with Crippen LogP contribution in [0.15, 0.2) is 65.3 Å². The van der Waals surface area contributed by atoms with Crippen molar-refractivity contribution >= 4 is 0 Å². The van der Waals surface area contributed by atoms with Gasteiger partial charge in [-0.05, 0) is 68.4 Å². The fourth-order valence-corrected chi connectivity index (χ4v) is 3.35. The molecule has 6 heteroatoms. The molecule has 0 aliphatic carbocycles. The van der Waals surface area contributed by atoms with Crippen LogP contribution in [0.4, 0.5) is 0 Å². The predicted octanol–water partition coefficient (Wildman–Crippen LogP) is 3.75. The van der Waals surface area contributed by atoms with Crippen LogP contribution in [-0.2, 0) is 12.8 Å². The highest BCUT2D eigenvalue weighted by molar-refractivity contribution is 5.61. The van der Waals surface area contributed by atoms with E-state index < -0.39 is 5.54 Å². The zero-order valence-corrected chi connectivity index (χ0v) is 17.9. The molecule has 3 aromatic rings. The molecule has 0 atom stereocenters. The summed E-state index contributed by atoms with van der Waals surface area (Å²) >= 11 is 0. The first-order valence-electron chi connectivity index (χ1n) is 10.8. The second-order valence-electron chi connectivity index (χ2n) is 7.95. The van der Waals surface area contributed by atoms with Crippen LogP contribution in [0.1, 0.15) is 36.9 Å². The Labute approximate surface area is 183 Å². The number of rotatable bonds is 13. The number of ether oxygens (including phenoxy) is 1. The van der Waals surface area contributed by atoms with E-state index in [4.69, 9.17) is 19.9 Å². The fraction of sp³-hybridized carbons (Fsp3) is 0.400. The molecular formula is C25H32N2O4. The normalized spacial score (nSPS) is 11.6. The maximum atomic E-state index is 9.40. The van der Waals surface area contributed by atoms with E-state index in [2.05, 4.69) is 24.3 Å². The Morgan fingerprint density at radius 3 is 2.42 bits per heavy atom. The molecule has 166 valence electrons. The Kier molecular flexibility index (Phi) is 8.64. The van der Waals surface area contributed by atoms with Gasteiger partial charge in [0.05, 0.1) is 31.6 Å². The molecule has 6 nitrogen and oxygen atoms in total. The summed E-state index contributed by atoms with van der Waals surface area (Å²) in [4.78, 5) is 4.70. The Hall–Kier alpha value is -2.67. The summed E-state index contributed by atoms with van der Waals surface area (Å²) < 4.78 is 11.6. The highest BCUT2D eigenvalue weighted by atomic mass is 16.5. The van der Waals surface area contributed by atoms with Gasteiger partial charge in [-0.3, -0.25) is 0 Å². The molecule has 0 saturated carbocycles. The van der Waals surface area contributed by atoms with Crippen LogP contribution in [0.2, 0.25) is 0 Å². The zero-order valence-electron chi connectivity index (χ0n) is 17.9. The number of hydrogen-bond acceptors (Lipinski definition) is 6.